The van der Waals surface area contributed by atoms with Gasteiger partial charge in [0.1, 0.15) is 5.56 Å². The molecule has 0 saturated heterocycles. The van der Waals surface area contributed by atoms with Crippen molar-refractivity contribution < 1.29 is 5.11 Å². The van der Waals surface area contributed by atoms with Gasteiger partial charge in [-0.3, -0.25) is 14.3 Å². The standard InChI is InChI=1S/C14H13BrN4O3/c1-19-13(21)11(12(20)16-14(19)22)10-6-9(17-18-10)7-2-4-8(15)5-3-7/h2-5,9,17,21H,6H2,1H3,(H,16,20,22)/t9-/m0/s1. The first-order valence-electron chi connectivity index (χ1n) is 6.57. The van der Waals surface area contributed by atoms with Crippen molar-refractivity contribution >= 4 is 21.6 Å². The summed E-state index contributed by atoms with van der Waals surface area (Å²) in [6.07, 6.45) is 0.441. The molecule has 0 amide bonds. The van der Waals surface area contributed by atoms with Gasteiger partial charge in [-0.15, -0.1) is 0 Å². The minimum Gasteiger partial charge on any atom is -0.494 e. The van der Waals surface area contributed by atoms with Crippen LogP contribution in [0.4, 0.5) is 0 Å². The van der Waals surface area contributed by atoms with Gasteiger partial charge in [-0.05, 0) is 17.7 Å². The van der Waals surface area contributed by atoms with Crippen molar-refractivity contribution in [1.29, 1.82) is 0 Å². The molecule has 0 radical (unpaired) electrons. The van der Waals surface area contributed by atoms with E-state index in [-0.39, 0.29) is 17.5 Å². The number of nitrogens with zero attached hydrogens (tertiary/aromatic N) is 2. The highest BCUT2D eigenvalue weighted by Crippen LogP contribution is 2.26. The first kappa shape index (κ1) is 14.6. The molecular formula is C14H13BrN4O3. The molecule has 1 aliphatic rings. The smallest absolute Gasteiger partial charge is 0.330 e. The molecule has 2 heterocycles. The van der Waals surface area contributed by atoms with Gasteiger partial charge in [0.15, 0.2) is 0 Å². The Morgan fingerprint density at radius 3 is 2.68 bits per heavy atom. The van der Waals surface area contributed by atoms with Crippen LogP contribution in [-0.2, 0) is 7.05 Å². The highest BCUT2D eigenvalue weighted by molar-refractivity contribution is 9.10. The summed E-state index contributed by atoms with van der Waals surface area (Å²) in [4.78, 5) is 25.5. The predicted octanol–water partition coefficient (Wildman–Crippen LogP) is 0.980. The van der Waals surface area contributed by atoms with Gasteiger partial charge < -0.3 is 10.5 Å². The third-order valence-corrected chi connectivity index (χ3v) is 4.14. The monoisotopic (exact) mass is 364 g/mol. The van der Waals surface area contributed by atoms with Gasteiger partial charge in [0, 0.05) is 17.9 Å². The van der Waals surface area contributed by atoms with Crippen LogP contribution in [-0.4, -0.2) is 20.4 Å². The fraction of sp³-hybridized carbons (Fsp3) is 0.214. The molecule has 3 rings (SSSR count). The zero-order chi connectivity index (χ0) is 15.9. The van der Waals surface area contributed by atoms with Crippen LogP contribution >= 0.6 is 15.9 Å². The Labute approximate surface area is 133 Å². The highest BCUT2D eigenvalue weighted by atomic mass is 79.9. The highest BCUT2D eigenvalue weighted by Gasteiger charge is 2.26. The lowest BCUT2D eigenvalue weighted by Crippen LogP contribution is -2.32. The fourth-order valence-corrected chi connectivity index (χ4v) is 2.62. The SMILES string of the molecule is Cn1c(O)c(C2=NN[C@H](c3ccc(Br)cc3)C2)c(=O)[nH]c1=O. The predicted molar refractivity (Wildman–Crippen MR) is 85.1 cm³/mol. The Kier molecular flexibility index (Phi) is 3.61. The second kappa shape index (κ2) is 5.45. The van der Waals surface area contributed by atoms with Crippen LogP contribution < -0.4 is 16.7 Å². The summed E-state index contributed by atoms with van der Waals surface area (Å²) in [6.45, 7) is 0. The largest absolute Gasteiger partial charge is 0.494 e. The Morgan fingerprint density at radius 2 is 2.00 bits per heavy atom. The molecule has 3 N–H and O–H groups in total. The van der Waals surface area contributed by atoms with Crippen molar-refractivity contribution in [2.75, 3.05) is 0 Å². The van der Waals surface area contributed by atoms with Gasteiger partial charge in [-0.2, -0.15) is 5.10 Å². The number of aromatic amines is 1. The number of hydrogen-bond donors (Lipinski definition) is 3. The lowest BCUT2D eigenvalue weighted by atomic mass is 10.0. The minimum absolute atomic E-state index is 0.0224. The third kappa shape index (κ3) is 2.45. The molecule has 0 aliphatic carbocycles. The molecule has 0 saturated carbocycles. The van der Waals surface area contributed by atoms with E-state index in [0.29, 0.717) is 12.1 Å². The summed E-state index contributed by atoms with van der Waals surface area (Å²) < 4.78 is 1.95. The van der Waals surface area contributed by atoms with Crippen molar-refractivity contribution in [2.24, 2.45) is 12.1 Å². The molecule has 8 heteroatoms. The van der Waals surface area contributed by atoms with Crippen LogP contribution in [0.1, 0.15) is 23.6 Å². The van der Waals surface area contributed by atoms with Crippen LogP contribution in [0.3, 0.4) is 0 Å². The molecule has 22 heavy (non-hydrogen) atoms. The number of H-pyrrole nitrogens is 1. The van der Waals surface area contributed by atoms with Gasteiger partial charge in [0.25, 0.3) is 5.56 Å². The molecule has 0 fully saturated rings. The Bertz CT molecular complexity index is 867. The molecule has 1 aromatic heterocycles. The Hall–Kier alpha value is -2.35. The van der Waals surface area contributed by atoms with E-state index in [4.69, 9.17) is 0 Å². The van der Waals surface area contributed by atoms with Gasteiger partial charge in [-0.25, -0.2) is 4.79 Å². The summed E-state index contributed by atoms with van der Waals surface area (Å²) >= 11 is 3.38. The quantitative estimate of drug-likeness (QED) is 0.739. The number of halogens is 1. The van der Waals surface area contributed by atoms with Crippen LogP contribution in [0, 0.1) is 0 Å². The van der Waals surface area contributed by atoms with Gasteiger partial charge in [0.2, 0.25) is 5.88 Å². The Morgan fingerprint density at radius 1 is 1.32 bits per heavy atom. The summed E-state index contributed by atoms with van der Waals surface area (Å²) in [5.74, 6) is -0.384. The number of nitrogens with one attached hydrogen (secondary N) is 2. The van der Waals surface area contributed by atoms with E-state index in [2.05, 4.69) is 31.4 Å². The van der Waals surface area contributed by atoms with Crippen molar-refractivity contribution in [3.05, 3.63) is 60.7 Å². The second-order valence-electron chi connectivity index (χ2n) is 5.01. The normalized spacial score (nSPS) is 17.2. The molecule has 0 unspecified atom stereocenters. The maximum atomic E-state index is 11.9. The van der Waals surface area contributed by atoms with Crippen molar-refractivity contribution in [3.8, 4) is 5.88 Å². The maximum absolute atomic E-state index is 11.9. The molecule has 0 spiro atoms. The Balaban J connectivity index is 1.93. The van der Waals surface area contributed by atoms with E-state index >= 15 is 0 Å². The zero-order valence-electron chi connectivity index (χ0n) is 11.6. The molecule has 1 aliphatic heterocycles. The lowest BCUT2D eigenvalue weighted by Gasteiger charge is -2.10. The maximum Gasteiger partial charge on any atom is 0.330 e. The van der Waals surface area contributed by atoms with Gasteiger partial charge in [-0.1, -0.05) is 28.1 Å². The van der Waals surface area contributed by atoms with E-state index in [0.717, 1.165) is 14.6 Å². The minimum atomic E-state index is -0.665. The second-order valence-corrected chi connectivity index (χ2v) is 5.93. The van der Waals surface area contributed by atoms with Crippen LogP contribution in [0.5, 0.6) is 5.88 Å². The molecular weight excluding hydrogens is 352 g/mol. The fourth-order valence-electron chi connectivity index (χ4n) is 2.35. The number of hydrogen-bond acceptors (Lipinski definition) is 5. The number of hydrazone groups is 1. The van der Waals surface area contributed by atoms with Crippen LogP contribution in [0.2, 0.25) is 0 Å². The molecule has 1 aromatic carbocycles. The summed E-state index contributed by atoms with van der Waals surface area (Å²) in [6, 6.07) is 7.66. The van der Waals surface area contributed by atoms with Crippen molar-refractivity contribution in [3.63, 3.8) is 0 Å². The summed E-state index contributed by atoms with van der Waals surface area (Å²) in [5, 5.41) is 14.2. The van der Waals surface area contributed by atoms with E-state index < -0.39 is 11.2 Å². The van der Waals surface area contributed by atoms with Gasteiger partial charge >= 0.3 is 5.69 Å². The zero-order valence-corrected chi connectivity index (χ0v) is 13.2. The van der Waals surface area contributed by atoms with Crippen LogP contribution in [0.25, 0.3) is 0 Å². The van der Waals surface area contributed by atoms with E-state index in [9.17, 15) is 14.7 Å². The van der Waals surface area contributed by atoms with Crippen molar-refractivity contribution in [2.45, 2.75) is 12.5 Å². The number of rotatable bonds is 2. The first-order chi connectivity index (χ1) is 10.5. The number of aromatic nitrogens is 2. The summed E-state index contributed by atoms with van der Waals surface area (Å²) in [5.41, 5.74) is 3.10. The molecule has 0 bridgehead atoms. The average molecular weight is 365 g/mol. The third-order valence-electron chi connectivity index (χ3n) is 3.61. The topological polar surface area (TPSA) is 99.5 Å². The average Bonchev–Trinajstić information content (AvgIpc) is 2.95. The first-order valence-corrected chi connectivity index (χ1v) is 7.37. The molecule has 2 aromatic rings. The number of aromatic hydroxyl groups is 1. The summed E-state index contributed by atoms with van der Waals surface area (Å²) in [7, 11) is 1.38. The number of benzene rings is 1. The molecule has 7 nitrogen and oxygen atoms in total. The van der Waals surface area contributed by atoms with Gasteiger partial charge in [0.05, 0.1) is 11.8 Å². The van der Waals surface area contributed by atoms with Crippen LogP contribution in [0.15, 0.2) is 43.4 Å². The van der Waals surface area contributed by atoms with Crippen molar-refractivity contribution in [1.82, 2.24) is 15.0 Å². The lowest BCUT2D eigenvalue weighted by molar-refractivity contribution is 0.416. The van der Waals surface area contributed by atoms with E-state index in [1.165, 1.54) is 7.05 Å². The molecule has 114 valence electrons. The van der Waals surface area contributed by atoms with E-state index in [1.54, 1.807) is 0 Å². The van der Waals surface area contributed by atoms with E-state index in [1.807, 2.05) is 24.3 Å². The molecule has 1 atom stereocenters.